The van der Waals surface area contributed by atoms with Crippen molar-refractivity contribution in [2.45, 2.75) is 19.3 Å². The molecular formula is C12H17NO2. The number of para-hydroxylation sites is 1. The van der Waals surface area contributed by atoms with E-state index in [2.05, 4.69) is 0 Å². The molecule has 1 aromatic carbocycles. The monoisotopic (exact) mass is 207 g/mol. The van der Waals surface area contributed by atoms with Gasteiger partial charge in [-0.15, -0.1) is 0 Å². The van der Waals surface area contributed by atoms with Gasteiger partial charge in [0, 0.05) is 13.2 Å². The van der Waals surface area contributed by atoms with Gasteiger partial charge in [0.15, 0.2) is 0 Å². The summed E-state index contributed by atoms with van der Waals surface area (Å²) in [4.78, 5) is 0. The standard InChI is InChI=1S/C12H17NO2/c13-12-10(4-1-5-11(12)14)7-9-3-2-6-15-8-9/h1,4-5,9,14H,2-3,6-8,13H2. The van der Waals surface area contributed by atoms with Gasteiger partial charge in [0.1, 0.15) is 5.75 Å². The molecule has 1 atom stereocenters. The van der Waals surface area contributed by atoms with Crippen molar-refractivity contribution in [2.75, 3.05) is 18.9 Å². The first-order chi connectivity index (χ1) is 7.27. The highest BCUT2D eigenvalue weighted by Gasteiger charge is 2.16. The first kappa shape index (κ1) is 10.3. The van der Waals surface area contributed by atoms with Gasteiger partial charge in [0.2, 0.25) is 0 Å². The Labute approximate surface area is 89.9 Å². The number of rotatable bonds is 2. The Morgan fingerprint density at radius 3 is 3.07 bits per heavy atom. The maximum absolute atomic E-state index is 9.47. The van der Waals surface area contributed by atoms with Crippen LogP contribution in [0.3, 0.4) is 0 Å². The zero-order chi connectivity index (χ0) is 10.7. The third-order valence-electron chi connectivity index (χ3n) is 2.94. The average molecular weight is 207 g/mol. The molecule has 3 N–H and O–H groups in total. The summed E-state index contributed by atoms with van der Waals surface area (Å²) in [7, 11) is 0. The number of anilines is 1. The molecule has 3 heteroatoms. The SMILES string of the molecule is Nc1c(O)cccc1CC1CCCOC1. The number of ether oxygens (including phenoxy) is 1. The van der Waals surface area contributed by atoms with Crippen molar-refractivity contribution >= 4 is 5.69 Å². The molecule has 1 saturated heterocycles. The Morgan fingerprint density at radius 1 is 1.47 bits per heavy atom. The minimum atomic E-state index is 0.184. The number of phenolic OH excluding ortho intramolecular Hbond substituents is 1. The topological polar surface area (TPSA) is 55.5 Å². The fraction of sp³-hybridized carbons (Fsp3) is 0.500. The zero-order valence-electron chi connectivity index (χ0n) is 8.78. The fourth-order valence-corrected chi connectivity index (χ4v) is 2.06. The van der Waals surface area contributed by atoms with Gasteiger partial charge in [-0.05, 0) is 36.8 Å². The summed E-state index contributed by atoms with van der Waals surface area (Å²) in [5, 5.41) is 9.47. The predicted molar refractivity (Wildman–Crippen MR) is 59.8 cm³/mol. The van der Waals surface area contributed by atoms with E-state index in [1.54, 1.807) is 6.07 Å². The van der Waals surface area contributed by atoms with Crippen molar-refractivity contribution in [2.24, 2.45) is 5.92 Å². The van der Waals surface area contributed by atoms with Gasteiger partial charge in [-0.2, -0.15) is 0 Å². The molecule has 0 aromatic heterocycles. The number of aromatic hydroxyl groups is 1. The highest BCUT2D eigenvalue weighted by molar-refractivity contribution is 5.57. The molecule has 0 spiro atoms. The van der Waals surface area contributed by atoms with E-state index in [-0.39, 0.29) is 5.75 Å². The third-order valence-corrected chi connectivity index (χ3v) is 2.94. The van der Waals surface area contributed by atoms with Crippen molar-refractivity contribution in [1.82, 2.24) is 0 Å². The molecule has 1 aliphatic heterocycles. The van der Waals surface area contributed by atoms with Crippen LogP contribution in [-0.4, -0.2) is 18.3 Å². The van der Waals surface area contributed by atoms with Gasteiger partial charge < -0.3 is 15.6 Å². The van der Waals surface area contributed by atoms with E-state index in [4.69, 9.17) is 10.5 Å². The molecule has 1 fully saturated rings. The summed E-state index contributed by atoms with van der Waals surface area (Å²) in [5.41, 5.74) is 7.36. The van der Waals surface area contributed by atoms with Gasteiger partial charge in [-0.25, -0.2) is 0 Å². The summed E-state index contributed by atoms with van der Waals surface area (Å²) in [5.74, 6) is 0.729. The van der Waals surface area contributed by atoms with Crippen molar-refractivity contribution in [3.8, 4) is 5.75 Å². The van der Waals surface area contributed by atoms with E-state index in [0.29, 0.717) is 11.6 Å². The van der Waals surface area contributed by atoms with Crippen LogP contribution in [0.1, 0.15) is 18.4 Å². The van der Waals surface area contributed by atoms with Crippen LogP contribution < -0.4 is 5.73 Å². The van der Waals surface area contributed by atoms with E-state index in [9.17, 15) is 5.11 Å². The molecule has 0 saturated carbocycles. The highest BCUT2D eigenvalue weighted by atomic mass is 16.5. The summed E-state index contributed by atoms with van der Waals surface area (Å²) in [6.07, 6.45) is 3.22. The Hall–Kier alpha value is -1.22. The highest BCUT2D eigenvalue weighted by Crippen LogP contribution is 2.27. The van der Waals surface area contributed by atoms with Crippen molar-refractivity contribution in [3.63, 3.8) is 0 Å². The molecule has 0 amide bonds. The Balaban J connectivity index is 2.06. The lowest BCUT2D eigenvalue weighted by atomic mass is 9.93. The first-order valence-electron chi connectivity index (χ1n) is 5.41. The maximum Gasteiger partial charge on any atom is 0.138 e. The summed E-state index contributed by atoms with van der Waals surface area (Å²) < 4.78 is 5.42. The Bertz CT molecular complexity index is 332. The molecule has 1 aliphatic rings. The molecule has 1 unspecified atom stereocenters. The molecular weight excluding hydrogens is 190 g/mol. The van der Waals surface area contributed by atoms with Crippen molar-refractivity contribution in [3.05, 3.63) is 23.8 Å². The zero-order valence-corrected chi connectivity index (χ0v) is 8.78. The molecule has 2 rings (SSSR count). The summed E-state index contributed by atoms with van der Waals surface area (Å²) >= 11 is 0. The average Bonchev–Trinajstić information content (AvgIpc) is 2.26. The third kappa shape index (κ3) is 2.42. The van der Waals surface area contributed by atoms with Crippen LogP contribution in [0.5, 0.6) is 5.75 Å². The molecule has 1 aromatic rings. The van der Waals surface area contributed by atoms with E-state index in [0.717, 1.165) is 31.6 Å². The number of hydrogen-bond donors (Lipinski definition) is 2. The van der Waals surface area contributed by atoms with Gasteiger partial charge in [-0.3, -0.25) is 0 Å². The van der Waals surface area contributed by atoms with Crippen molar-refractivity contribution in [1.29, 1.82) is 0 Å². The van der Waals surface area contributed by atoms with Gasteiger partial charge in [0.05, 0.1) is 5.69 Å². The molecule has 3 nitrogen and oxygen atoms in total. The van der Waals surface area contributed by atoms with E-state index in [1.165, 1.54) is 6.42 Å². The summed E-state index contributed by atoms with van der Waals surface area (Å²) in [6.45, 7) is 1.70. The Kier molecular flexibility index (Phi) is 3.11. The normalized spacial score (nSPS) is 21.5. The quantitative estimate of drug-likeness (QED) is 0.575. The molecule has 0 aliphatic carbocycles. The fourth-order valence-electron chi connectivity index (χ4n) is 2.06. The minimum Gasteiger partial charge on any atom is -0.506 e. The first-order valence-corrected chi connectivity index (χ1v) is 5.41. The van der Waals surface area contributed by atoms with Crippen LogP contribution in [0.2, 0.25) is 0 Å². The summed E-state index contributed by atoms with van der Waals surface area (Å²) in [6, 6.07) is 5.44. The number of benzene rings is 1. The number of nitrogen functional groups attached to an aromatic ring is 1. The second kappa shape index (κ2) is 4.53. The minimum absolute atomic E-state index is 0.184. The number of nitrogens with two attached hydrogens (primary N) is 1. The lowest BCUT2D eigenvalue weighted by molar-refractivity contribution is 0.0550. The van der Waals surface area contributed by atoms with E-state index < -0.39 is 0 Å². The van der Waals surface area contributed by atoms with Gasteiger partial charge in [0.25, 0.3) is 0 Å². The van der Waals surface area contributed by atoms with Crippen LogP contribution in [0, 0.1) is 5.92 Å². The maximum atomic E-state index is 9.47. The predicted octanol–water partition coefficient (Wildman–Crippen LogP) is 1.94. The van der Waals surface area contributed by atoms with Gasteiger partial charge >= 0.3 is 0 Å². The molecule has 1 heterocycles. The lowest BCUT2D eigenvalue weighted by Gasteiger charge is -2.22. The lowest BCUT2D eigenvalue weighted by Crippen LogP contribution is -2.19. The van der Waals surface area contributed by atoms with Crippen LogP contribution in [0.25, 0.3) is 0 Å². The smallest absolute Gasteiger partial charge is 0.138 e. The second-order valence-corrected chi connectivity index (χ2v) is 4.14. The molecule has 0 radical (unpaired) electrons. The second-order valence-electron chi connectivity index (χ2n) is 4.14. The van der Waals surface area contributed by atoms with Gasteiger partial charge in [-0.1, -0.05) is 12.1 Å². The van der Waals surface area contributed by atoms with Crippen molar-refractivity contribution < 1.29 is 9.84 Å². The van der Waals surface area contributed by atoms with Crippen LogP contribution in [-0.2, 0) is 11.2 Å². The molecule has 15 heavy (non-hydrogen) atoms. The van der Waals surface area contributed by atoms with Crippen LogP contribution in [0.15, 0.2) is 18.2 Å². The largest absolute Gasteiger partial charge is 0.506 e. The van der Waals surface area contributed by atoms with Crippen LogP contribution in [0.4, 0.5) is 5.69 Å². The Morgan fingerprint density at radius 2 is 2.33 bits per heavy atom. The van der Waals surface area contributed by atoms with Crippen LogP contribution >= 0.6 is 0 Å². The van der Waals surface area contributed by atoms with E-state index >= 15 is 0 Å². The number of hydrogen-bond acceptors (Lipinski definition) is 3. The molecule has 82 valence electrons. The number of phenols is 1. The van der Waals surface area contributed by atoms with E-state index in [1.807, 2.05) is 12.1 Å². The molecule has 0 bridgehead atoms.